The molecule has 4 rings (SSSR count). The molecule has 0 spiro atoms. The minimum Gasteiger partial charge on any atom is -0.494 e. The van der Waals surface area contributed by atoms with Crippen molar-refractivity contribution in [1.82, 2.24) is 10.2 Å². The highest BCUT2D eigenvalue weighted by Gasteiger charge is 2.19. The number of primary sulfonamides is 1. The van der Waals surface area contributed by atoms with E-state index in [0.29, 0.717) is 36.5 Å². The van der Waals surface area contributed by atoms with Crippen molar-refractivity contribution in [3.8, 4) is 28.1 Å². The largest absolute Gasteiger partial charge is 0.494 e. The monoisotopic (exact) mass is 495 g/mol. The third-order valence-corrected chi connectivity index (χ3v) is 6.49. The summed E-state index contributed by atoms with van der Waals surface area (Å²) in [5.41, 5.74) is 4.54. The normalized spacial score (nSPS) is 11.5. The van der Waals surface area contributed by atoms with Gasteiger partial charge in [-0.3, -0.25) is 5.10 Å². The number of halogens is 1. The molecule has 0 aliphatic rings. The van der Waals surface area contributed by atoms with Gasteiger partial charge in [0.2, 0.25) is 10.0 Å². The van der Waals surface area contributed by atoms with E-state index in [-0.39, 0.29) is 10.6 Å². The molecule has 0 aliphatic heterocycles. The molecule has 0 unspecified atom stereocenters. The topological polar surface area (TPSA) is 107 Å². The van der Waals surface area contributed by atoms with Crippen LogP contribution in [0.25, 0.3) is 22.4 Å². The van der Waals surface area contributed by atoms with Crippen LogP contribution in [0.4, 0.5) is 4.39 Å². The number of aromatic nitrogens is 2. The molecular formula is C26H26FN3O4S. The molecule has 0 aliphatic carbocycles. The molecule has 0 atom stereocenters. The summed E-state index contributed by atoms with van der Waals surface area (Å²) in [5.74, 6) is -0.342. The molecule has 0 fully saturated rings. The number of nitrogens with zero attached hydrogens (tertiary/aromatic N) is 1. The molecule has 7 nitrogen and oxygen atoms in total. The zero-order valence-corrected chi connectivity index (χ0v) is 20.0. The van der Waals surface area contributed by atoms with Gasteiger partial charge in [0.15, 0.2) is 11.6 Å². The summed E-state index contributed by atoms with van der Waals surface area (Å²) in [6.07, 6.45) is 1.35. The van der Waals surface area contributed by atoms with E-state index >= 15 is 0 Å². The van der Waals surface area contributed by atoms with Gasteiger partial charge < -0.3 is 9.47 Å². The molecule has 35 heavy (non-hydrogen) atoms. The number of nitrogens with two attached hydrogens (primary N) is 1. The van der Waals surface area contributed by atoms with Crippen molar-refractivity contribution in [2.45, 2.75) is 24.3 Å². The number of rotatable bonds is 10. The van der Waals surface area contributed by atoms with Crippen LogP contribution in [0.3, 0.4) is 0 Å². The summed E-state index contributed by atoms with van der Waals surface area (Å²) in [6.45, 7) is 1.07. The maximum absolute atomic E-state index is 14.5. The highest BCUT2D eigenvalue weighted by Crippen LogP contribution is 2.36. The zero-order chi connectivity index (χ0) is 24.8. The van der Waals surface area contributed by atoms with Crippen molar-refractivity contribution < 1.29 is 22.3 Å². The van der Waals surface area contributed by atoms with Crippen LogP contribution >= 0.6 is 0 Å². The molecule has 3 N–H and O–H groups in total. The molecule has 0 amide bonds. The number of aryl methyl sites for hydroxylation is 1. The van der Waals surface area contributed by atoms with Gasteiger partial charge in [0.1, 0.15) is 5.69 Å². The van der Waals surface area contributed by atoms with E-state index in [1.165, 1.54) is 25.3 Å². The fourth-order valence-electron chi connectivity index (χ4n) is 3.82. The lowest BCUT2D eigenvalue weighted by Crippen LogP contribution is -2.11. The van der Waals surface area contributed by atoms with E-state index in [4.69, 9.17) is 14.6 Å². The SMILES string of the molecule is COc1ccc(-c2c(-c3ccc(S(N)(=O)=O)cc3)n[nH]c2CCCOCc2ccccc2)cc1F. The molecule has 0 saturated carbocycles. The van der Waals surface area contributed by atoms with Gasteiger partial charge in [-0.05, 0) is 48.2 Å². The molecule has 1 aromatic heterocycles. The van der Waals surface area contributed by atoms with Crippen LogP contribution in [0.2, 0.25) is 0 Å². The van der Waals surface area contributed by atoms with E-state index in [0.717, 1.165) is 23.2 Å². The number of methoxy groups -OCH3 is 1. The predicted molar refractivity (Wildman–Crippen MR) is 132 cm³/mol. The molecule has 182 valence electrons. The first kappa shape index (κ1) is 24.6. The Morgan fingerprint density at radius 2 is 1.71 bits per heavy atom. The molecule has 0 radical (unpaired) electrons. The van der Waals surface area contributed by atoms with Crippen molar-refractivity contribution in [3.05, 3.63) is 89.9 Å². The van der Waals surface area contributed by atoms with Crippen molar-refractivity contribution in [3.63, 3.8) is 0 Å². The highest BCUT2D eigenvalue weighted by molar-refractivity contribution is 7.89. The lowest BCUT2D eigenvalue weighted by Gasteiger charge is -2.10. The molecule has 0 saturated heterocycles. The second kappa shape index (κ2) is 10.8. The van der Waals surface area contributed by atoms with E-state index in [2.05, 4.69) is 10.2 Å². The minimum absolute atomic E-state index is 0.00427. The van der Waals surface area contributed by atoms with Gasteiger partial charge in [-0.15, -0.1) is 0 Å². The number of sulfonamides is 1. The summed E-state index contributed by atoms with van der Waals surface area (Å²) in [4.78, 5) is 0.00427. The smallest absolute Gasteiger partial charge is 0.238 e. The number of hydrogen-bond donors (Lipinski definition) is 2. The van der Waals surface area contributed by atoms with Gasteiger partial charge in [0.05, 0.1) is 18.6 Å². The first-order chi connectivity index (χ1) is 16.9. The maximum Gasteiger partial charge on any atom is 0.238 e. The fraction of sp³-hybridized carbons (Fsp3) is 0.192. The van der Waals surface area contributed by atoms with Crippen LogP contribution < -0.4 is 9.88 Å². The van der Waals surface area contributed by atoms with Gasteiger partial charge in [-0.25, -0.2) is 17.9 Å². The summed E-state index contributed by atoms with van der Waals surface area (Å²) in [5, 5.41) is 12.8. The number of aromatic amines is 1. The van der Waals surface area contributed by atoms with E-state index in [1.807, 2.05) is 30.3 Å². The van der Waals surface area contributed by atoms with Gasteiger partial charge in [-0.1, -0.05) is 48.5 Å². The van der Waals surface area contributed by atoms with Crippen LogP contribution in [0, 0.1) is 5.82 Å². The van der Waals surface area contributed by atoms with Crippen molar-refractivity contribution in [2.24, 2.45) is 5.14 Å². The lowest BCUT2D eigenvalue weighted by molar-refractivity contribution is 0.118. The average Bonchev–Trinajstić information content (AvgIpc) is 3.28. The van der Waals surface area contributed by atoms with Crippen LogP contribution in [0.1, 0.15) is 17.7 Å². The van der Waals surface area contributed by atoms with Crippen LogP contribution in [0.5, 0.6) is 5.75 Å². The molecule has 4 aromatic rings. The zero-order valence-electron chi connectivity index (χ0n) is 19.2. The molecule has 3 aromatic carbocycles. The second-order valence-corrected chi connectivity index (χ2v) is 9.55. The Morgan fingerprint density at radius 1 is 1.00 bits per heavy atom. The second-order valence-electron chi connectivity index (χ2n) is 7.99. The van der Waals surface area contributed by atoms with E-state index < -0.39 is 15.8 Å². The van der Waals surface area contributed by atoms with E-state index in [1.54, 1.807) is 24.3 Å². The Balaban J connectivity index is 1.59. The number of ether oxygens (including phenoxy) is 2. The van der Waals surface area contributed by atoms with Gasteiger partial charge in [0.25, 0.3) is 0 Å². The first-order valence-corrected chi connectivity index (χ1v) is 12.6. The van der Waals surface area contributed by atoms with Gasteiger partial charge >= 0.3 is 0 Å². The minimum atomic E-state index is -3.82. The maximum atomic E-state index is 14.5. The summed E-state index contributed by atoms with van der Waals surface area (Å²) in [6, 6.07) is 20.8. The van der Waals surface area contributed by atoms with Crippen molar-refractivity contribution >= 4 is 10.0 Å². The number of benzene rings is 3. The van der Waals surface area contributed by atoms with Crippen LogP contribution in [0.15, 0.2) is 77.7 Å². The summed E-state index contributed by atoms with van der Waals surface area (Å²) < 4.78 is 48.6. The Labute approximate surface area is 203 Å². The Bertz CT molecular complexity index is 1390. The first-order valence-electron chi connectivity index (χ1n) is 11.0. The lowest BCUT2D eigenvalue weighted by atomic mass is 9.97. The molecule has 1 heterocycles. The molecule has 0 bridgehead atoms. The third-order valence-electron chi connectivity index (χ3n) is 5.57. The molecule has 9 heteroatoms. The number of H-pyrrole nitrogens is 1. The highest BCUT2D eigenvalue weighted by atomic mass is 32.2. The van der Waals surface area contributed by atoms with Crippen LogP contribution in [-0.4, -0.2) is 32.3 Å². The standard InChI is InChI=1S/C26H26FN3O4S/c1-33-24-14-11-20(16-22(24)27)25-23(8-5-15-34-17-18-6-3-2-4-7-18)29-30-26(25)19-9-12-21(13-10-19)35(28,31)32/h2-4,6-7,9-14,16H,5,8,15,17H2,1H3,(H,29,30)(H2,28,31,32). The van der Waals surface area contributed by atoms with Crippen molar-refractivity contribution in [1.29, 1.82) is 0 Å². The Hall–Kier alpha value is -3.53. The Morgan fingerprint density at radius 3 is 2.37 bits per heavy atom. The van der Waals surface area contributed by atoms with Gasteiger partial charge in [0, 0.05) is 23.4 Å². The molecular weight excluding hydrogens is 469 g/mol. The predicted octanol–water partition coefficient (Wildman–Crippen LogP) is 4.69. The van der Waals surface area contributed by atoms with Crippen molar-refractivity contribution in [2.75, 3.05) is 13.7 Å². The quantitative estimate of drug-likeness (QED) is 0.311. The number of hydrogen-bond acceptors (Lipinski definition) is 5. The Kier molecular flexibility index (Phi) is 7.60. The average molecular weight is 496 g/mol. The fourth-order valence-corrected chi connectivity index (χ4v) is 4.33. The van der Waals surface area contributed by atoms with E-state index in [9.17, 15) is 12.8 Å². The van der Waals surface area contributed by atoms with Gasteiger partial charge in [-0.2, -0.15) is 5.10 Å². The summed E-state index contributed by atoms with van der Waals surface area (Å²) >= 11 is 0. The number of nitrogens with one attached hydrogen (secondary N) is 1. The third kappa shape index (κ3) is 5.94. The van der Waals surface area contributed by atoms with Crippen LogP contribution in [-0.2, 0) is 27.8 Å². The summed E-state index contributed by atoms with van der Waals surface area (Å²) in [7, 11) is -2.40.